The highest BCUT2D eigenvalue weighted by Crippen LogP contribution is 2.43. The number of hydrogen-bond acceptors (Lipinski definition) is 6. The Morgan fingerprint density at radius 1 is 0.914 bits per heavy atom. The van der Waals surface area contributed by atoms with Crippen molar-refractivity contribution in [3.63, 3.8) is 0 Å². The van der Waals surface area contributed by atoms with Crippen LogP contribution in [0.4, 0.5) is 5.69 Å². The molecule has 1 unspecified atom stereocenters. The summed E-state index contributed by atoms with van der Waals surface area (Å²) in [6, 6.07) is 17.5. The van der Waals surface area contributed by atoms with Crippen molar-refractivity contribution in [3.05, 3.63) is 89.0 Å². The van der Waals surface area contributed by atoms with E-state index in [1.807, 2.05) is 12.1 Å². The average Bonchev–Trinajstić information content (AvgIpc) is 3.13. The lowest BCUT2D eigenvalue weighted by molar-refractivity contribution is -0.132. The summed E-state index contributed by atoms with van der Waals surface area (Å²) < 4.78 is 10.6. The fourth-order valence-corrected chi connectivity index (χ4v) is 4.27. The minimum atomic E-state index is -0.944. The third-order valence-corrected chi connectivity index (χ3v) is 6.13. The molecule has 0 aliphatic carbocycles. The molecule has 2 N–H and O–H groups in total. The topological polar surface area (TPSA) is 96.3 Å². The molecule has 1 saturated heterocycles. The number of carbonyl (C=O) groups is 2. The van der Waals surface area contributed by atoms with E-state index in [-0.39, 0.29) is 17.1 Å². The van der Waals surface area contributed by atoms with Gasteiger partial charge in [-0.15, -0.1) is 0 Å². The highest BCUT2D eigenvalue weighted by Gasteiger charge is 2.47. The number of nitrogens with zero attached hydrogens (tertiary/aromatic N) is 1. The van der Waals surface area contributed by atoms with E-state index < -0.39 is 17.7 Å². The monoisotopic (exact) mass is 473 g/mol. The van der Waals surface area contributed by atoms with Crippen LogP contribution < -0.4 is 14.4 Å². The van der Waals surface area contributed by atoms with E-state index in [4.69, 9.17) is 9.47 Å². The SMILES string of the molecule is COc1ccc(/C(O)=C2/C(=O)C(=O)N(c3ccc(C(C)C)cc3)C2c2cccc(O)c2)cc1OC. The van der Waals surface area contributed by atoms with Crippen LogP contribution in [-0.2, 0) is 9.59 Å². The van der Waals surface area contributed by atoms with Crippen molar-refractivity contribution in [2.75, 3.05) is 19.1 Å². The number of anilines is 1. The number of phenolic OH excluding ortho intramolecular Hbond substituents is 1. The quantitative estimate of drug-likeness (QED) is 0.292. The van der Waals surface area contributed by atoms with Crippen molar-refractivity contribution in [3.8, 4) is 17.2 Å². The summed E-state index contributed by atoms with van der Waals surface area (Å²) in [5, 5.41) is 21.4. The zero-order chi connectivity index (χ0) is 25.3. The van der Waals surface area contributed by atoms with Gasteiger partial charge in [-0.1, -0.05) is 38.1 Å². The molecule has 1 aliphatic rings. The summed E-state index contributed by atoms with van der Waals surface area (Å²) in [5.74, 6) is -0.834. The van der Waals surface area contributed by atoms with Gasteiger partial charge < -0.3 is 19.7 Å². The molecule has 3 aromatic rings. The van der Waals surface area contributed by atoms with Gasteiger partial charge in [-0.2, -0.15) is 0 Å². The minimum Gasteiger partial charge on any atom is -0.508 e. The fourth-order valence-electron chi connectivity index (χ4n) is 4.27. The Balaban J connectivity index is 1.92. The Bertz CT molecular complexity index is 1310. The molecule has 7 heteroatoms. The predicted octanol–water partition coefficient (Wildman–Crippen LogP) is 5.16. The molecule has 1 heterocycles. The second-order valence-corrected chi connectivity index (χ2v) is 8.58. The second-order valence-electron chi connectivity index (χ2n) is 8.58. The van der Waals surface area contributed by atoms with Gasteiger partial charge in [0.25, 0.3) is 11.7 Å². The first-order chi connectivity index (χ1) is 16.8. The van der Waals surface area contributed by atoms with E-state index in [1.165, 1.54) is 31.3 Å². The van der Waals surface area contributed by atoms with Crippen LogP contribution in [0, 0.1) is 0 Å². The molecule has 1 amide bonds. The maximum Gasteiger partial charge on any atom is 0.300 e. The first-order valence-corrected chi connectivity index (χ1v) is 11.2. The van der Waals surface area contributed by atoms with Gasteiger partial charge >= 0.3 is 0 Å². The number of carbonyl (C=O) groups excluding carboxylic acids is 2. The maximum atomic E-state index is 13.3. The summed E-state index contributed by atoms with van der Waals surface area (Å²) in [7, 11) is 2.96. The number of hydrogen-bond donors (Lipinski definition) is 2. The molecular formula is C28H27NO6. The molecule has 1 fully saturated rings. The minimum absolute atomic E-state index is 0.0191. The predicted molar refractivity (Wildman–Crippen MR) is 133 cm³/mol. The molecule has 1 aliphatic heterocycles. The molecule has 0 saturated carbocycles. The van der Waals surface area contributed by atoms with Crippen molar-refractivity contribution in [2.24, 2.45) is 0 Å². The standard InChI is InChI=1S/C28H27NO6/c1-16(2)17-8-11-20(12-9-17)29-25(18-6-5-7-21(30)14-18)24(27(32)28(29)33)26(31)19-10-13-22(34-3)23(15-19)35-4/h5-16,25,30-31H,1-4H3/b26-24-. The van der Waals surface area contributed by atoms with E-state index in [2.05, 4.69) is 13.8 Å². The number of aliphatic hydroxyl groups excluding tert-OH is 1. The lowest BCUT2D eigenvalue weighted by Crippen LogP contribution is -2.29. The van der Waals surface area contributed by atoms with Gasteiger partial charge in [0, 0.05) is 11.3 Å². The van der Waals surface area contributed by atoms with E-state index in [1.54, 1.807) is 42.5 Å². The van der Waals surface area contributed by atoms with Crippen LogP contribution in [0.3, 0.4) is 0 Å². The number of ketones is 1. The zero-order valence-electron chi connectivity index (χ0n) is 20.0. The molecule has 180 valence electrons. The van der Waals surface area contributed by atoms with Gasteiger partial charge in [-0.05, 0) is 59.5 Å². The summed E-state index contributed by atoms with van der Waals surface area (Å²) in [5.41, 5.74) is 2.29. The third kappa shape index (κ3) is 4.33. The number of aromatic hydroxyl groups is 1. The number of rotatable bonds is 6. The van der Waals surface area contributed by atoms with Gasteiger partial charge in [0.15, 0.2) is 11.5 Å². The lowest BCUT2D eigenvalue weighted by atomic mass is 9.94. The van der Waals surface area contributed by atoms with Crippen molar-refractivity contribution < 1.29 is 29.3 Å². The molecule has 0 spiro atoms. The van der Waals surface area contributed by atoms with Crippen LogP contribution in [0.25, 0.3) is 5.76 Å². The van der Waals surface area contributed by atoms with Crippen molar-refractivity contribution in [1.82, 2.24) is 0 Å². The molecule has 3 aromatic carbocycles. The van der Waals surface area contributed by atoms with Crippen molar-refractivity contribution in [1.29, 1.82) is 0 Å². The number of aliphatic hydroxyl groups is 1. The molecule has 7 nitrogen and oxygen atoms in total. The normalized spacial score (nSPS) is 17.2. The second kappa shape index (κ2) is 9.54. The number of phenols is 1. The van der Waals surface area contributed by atoms with E-state index in [0.717, 1.165) is 5.56 Å². The van der Waals surface area contributed by atoms with Crippen molar-refractivity contribution in [2.45, 2.75) is 25.8 Å². The molecule has 1 atom stereocenters. The van der Waals surface area contributed by atoms with E-state index in [0.29, 0.717) is 34.2 Å². The van der Waals surface area contributed by atoms with Crippen molar-refractivity contribution >= 4 is 23.1 Å². The fraction of sp³-hybridized carbons (Fsp3) is 0.214. The summed E-state index contributed by atoms with van der Waals surface area (Å²) in [6.45, 7) is 4.13. The Hall–Kier alpha value is -4.26. The van der Waals surface area contributed by atoms with Gasteiger partial charge in [0.1, 0.15) is 11.5 Å². The Morgan fingerprint density at radius 2 is 1.60 bits per heavy atom. The molecule has 4 rings (SSSR count). The first kappa shape index (κ1) is 23.9. The maximum absolute atomic E-state index is 13.3. The molecule has 0 bridgehead atoms. The smallest absolute Gasteiger partial charge is 0.300 e. The Kier molecular flexibility index (Phi) is 6.51. The van der Waals surface area contributed by atoms with Gasteiger partial charge in [0.2, 0.25) is 0 Å². The van der Waals surface area contributed by atoms with Crippen LogP contribution in [0.2, 0.25) is 0 Å². The molecule has 0 radical (unpaired) electrons. The number of ether oxygens (including phenoxy) is 2. The lowest BCUT2D eigenvalue weighted by Gasteiger charge is -2.26. The van der Waals surface area contributed by atoms with Crippen LogP contribution in [0.1, 0.15) is 42.5 Å². The number of methoxy groups -OCH3 is 2. The number of Topliss-reactive ketones (excluding diaryl/α,β-unsaturated/α-hetero) is 1. The van der Waals surface area contributed by atoms with Crippen LogP contribution in [0.5, 0.6) is 17.2 Å². The molecular weight excluding hydrogens is 446 g/mol. The van der Waals surface area contributed by atoms with Gasteiger partial charge in [0.05, 0.1) is 25.8 Å². The first-order valence-electron chi connectivity index (χ1n) is 11.2. The average molecular weight is 474 g/mol. The van der Waals surface area contributed by atoms with Crippen LogP contribution in [-0.4, -0.2) is 36.1 Å². The summed E-state index contributed by atoms with van der Waals surface area (Å²) in [6.07, 6.45) is 0. The molecule has 0 aromatic heterocycles. The number of benzene rings is 3. The molecule has 35 heavy (non-hydrogen) atoms. The van der Waals surface area contributed by atoms with Crippen LogP contribution in [0.15, 0.2) is 72.3 Å². The van der Waals surface area contributed by atoms with E-state index >= 15 is 0 Å². The highest BCUT2D eigenvalue weighted by molar-refractivity contribution is 6.51. The van der Waals surface area contributed by atoms with Gasteiger partial charge in [-0.3, -0.25) is 14.5 Å². The van der Waals surface area contributed by atoms with E-state index in [9.17, 15) is 19.8 Å². The third-order valence-electron chi connectivity index (χ3n) is 6.13. The zero-order valence-corrected chi connectivity index (χ0v) is 20.0. The largest absolute Gasteiger partial charge is 0.508 e. The van der Waals surface area contributed by atoms with Gasteiger partial charge in [-0.25, -0.2) is 0 Å². The summed E-state index contributed by atoms with van der Waals surface area (Å²) >= 11 is 0. The summed E-state index contributed by atoms with van der Waals surface area (Å²) in [4.78, 5) is 27.9. The number of amides is 1. The highest BCUT2D eigenvalue weighted by atomic mass is 16.5. The Morgan fingerprint density at radius 3 is 2.20 bits per heavy atom. The Labute approximate surface area is 203 Å². The van der Waals surface area contributed by atoms with Crippen LogP contribution >= 0.6 is 0 Å².